The van der Waals surface area contributed by atoms with Gasteiger partial charge < -0.3 is 10.3 Å². The molecule has 0 unspecified atom stereocenters. The van der Waals surface area contributed by atoms with Crippen molar-refractivity contribution in [1.29, 1.82) is 0 Å². The Morgan fingerprint density at radius 2 is 2.04 bits per heavy atom. The van der Waals surface area contributed by atoms with Crippen molar-refractivity contribution in [3.63, 3.8) is 0 Å². The summed E-state index contributed by atoms with van der Waals surface area (Å²) in [5.41, 5.74) is 2.06. The summed E-state index contributed by atoms with van der Waals surface area (Å²) in [6.45, 7) is 0. The Labute approximate surface area is 142 Å². The number of nitrogens with zero attached hydrogens (tertiary/aromatic N) is 2. The zero-order valence-electron chi connectivity index (χ0n) is 13.2. The van der Waals surface area contributed by atoms with Crippen LogP contribution in [0.25, 0.3) is 11.0 Å². The van der Waals surface area contributed by atoms with Crippen molar-refractivity contribution in [2.45, 2.75) is 18.9 Å². The van der Waals surface area contributed by atoms with Crippen LogP contribution in [0.5, 0.6) is 0 Å². The highest BCUT2D eigenvalue weighted by molar-refractivity contribution is 6.04. The van der Waals surface area contributed by atoms with Crippen LogP contribution < -0.4 is 10.6 Å². The Hall–Kier alpha value is -3.42. The number of imidazole rings is 1. The molecule has 8 heteroatoms. The lowest BCUT2D eigenvalue weighted by Crippen LogP contribution is -2.14. The van der Waals surface area contributed by atoms with Gasteiger partial charge in [-0.05, 0) is 37.1 Å². The molecule has 126 valence electrons. The van der Waals surface area contributed by atoms with Gasteiger partial charge in [0.2, 0.25) is 5.95 Å². The third-order valence-corrected chi connectivity index (χ3v) is 4.01. The van der Waals surface area contributed by atoms with Gasteiger partial charge in [-0.3, -0.25) is 20.2 Å². The Morgan fingerprint density at radius 1 is 1.24 bits per heavy atom. The lowest BCUT2D eigenvalue weighted by Gasteiger charge is -2.07. The molecule has 1 fully saturated rings. The van der Waals surface area contributed by atoms with Gasteiger partial charge in [-0.2, -0.15) is 0 Å². The maximum absolute atomic E-state index is 12.4. The second-order valence-corrected chi connectivity index (χ2v) is 5.96. The first-order valence-corrected chi connectivity index (χ1v) is 7.91. The quantitative estimate of drug-likeness (QED) is 0.488. The van der Waals surface area contributed by atoms with Crippen molar-refractivity contribution in [1.82, 2.24) is 9.97 Å². The second kappa shape index (κ2) is 5.90. The molecule has 1 heterocycles. The molecule has 8 nitrogen and oxygen atoms in total. The van der Waals surface area contributed by atoms with E-state index < -0.39 is 10.8 Å². The average Bonchev–Trinajstić information content (AvgIpc) is 3.31. The van der Waals surface area contributed by atoms with Crippen LogP contribution in [0.3, 0.4) is 0 Å². The summed E-state index contributed by atoms with van der Waals surface area (Å²) in [4.78, 5) is 30.5. The van der Waals surface area contributed by atoms with Gasteiger partial charge in [0.1, 0.15) is 5.69 Å². The molecule has 2 aromatic carbocycles. The maximum Gasteiger partial charge on any atom is 0.293 e. The van der Waals surface area contributed by atoms with E-state index in [9.17, 15) is 14.9 Å². The van der Waals surface area contributed by atoms with Crippen LogP contribution in [0.2, 0.25) is 0 Å². The van der Waals surface area contributed by atoms with Gasteiger partial charge >= 0.3 is 0 Å². The van der Waals surface area contributed by atoms with Crippen molar-refractivity contribution in [3.8, 4) is 0 Å². The van der Waals surface area contributed by atoms with Crippen LogP contribution in [0.4, 0.5) is 17.3 Å². The number of aromatic nitrogens is 2. The number of aromatic amines is 1. The van der Waals surface area contributed by atoms with E-state index in [1.807, 2.05) is 24.3 Å². The van der Waals surface area contributed by atoms with E-state index in [-0.39, 0.29) is 17.3 Å². The summed E-state index contributed by atoms with van der Waals surface area (Å²) in [5, 5.41) is 17.0. The van der Waals surface area contributed by atoms with Crippen LogP contribution in [0.1, 0.15) is 23.2 Å². The predicted octanol–water partition coefficient (Wildman–Crippen LogP) is 3.30. The molecule has 0 radical (unpaired) electrons. The third kappa shape index (κ3) is 3.14. The fourth-order valence-corrected chi connectivity index (χ4v) is 2.59. The fourth-order valence-electron chi connectivity index (χ4n) is 2.59. The van der Waals surface area contributed by atoms with E-state index in [4.69, 9.17) is 0 Å². The molecule has 0 atom stereocenters. The first-order chi connectivity index (χ1) is 12.1. The number of carbonyl (C=O) groups excluding carboxylic acids is 1. The predicted molar refractivity (Wildman–Crippen MR) is 93.8 cm³/mol. The largest absolute Gasteiger partial charge is 0.377 e. The van der Waals surface area contributed by atoms with Gasteiger partial charge in [-0.25, -0.2) is 4.98 Å². The number of nitrogens with one attached hydrogen (secondary N) is 3. The van der Waals surface area contributed by atoms with Gasteiger partial charge in [0.25, 0.3) is 11.6 Å². The van der Waals surface area contributed by atoms with Crippen LogP contribution in [-0.2, 0) is 0 Å². The van der Waals surface area contributed by atoms with Crippen molar-refractivity contribution < 1.29 is 9.72 Å². The van der Waals surface area contributed by atoms with Gasteiger partial charge in [0.15, 0.2) is 0 Å². The monoisotopic (exact) mass is 337 g/mol. The molecule has 0 saturated heterocycles. The molecular formula is C17H15N5O3. The molecule has 4 rings (SSSR count). The van der Waals surface area contributed by atoms with Gasteiger partial charge in [-0.15, -0.1) is 0 Å². The number of fused-ring (bicyclic) bond motifs is 1. The lowest BCUT2D eigenvalue weighted by molar-refractivity contribution is -0.384. The van der Waals surface area contributed by atoms with E-state index >= 15 is 0 Å². The number of carbonyl (C=O) groups is 1. The number of benzene rings is 2. The molecule has 3 N–H and O–H groups in total. The SMILES string of the molecule is O=C(Nc1nc2ccccc2[nH]1)c1ccc(NC2CC2)c([N+](=O)[O-])c1. The minimum absolute atomic E-state index is 0.107. The number of hydrogen-bond acceptors (Lipinski definition) is 5. The number of nitro benzene ring substituents is 1. The summed E-state index contributed by atoms with van der Waals surface area (Å²) in [5.74, 6) is -0.158. The number of amides is 1. The minimum Gasteiger partial charge on any atom is -0.377 e. The Morgan fingerprint density at radius 3 is 2.76 bits per heavy atom. The average molecular weight is 337 g/mol. The minimum atomic E-state index is -0.483. The van der Waals surface area contributed by atoms with Crippen LogP contribution in [0.15, 0.2) is 42.5 Å². The molecule has 1 saturated carbocycles. The van der Waals surface area contributed by atoms with E-state index in [1.165, 1.54) is 6.07 Å². The highest BCUT2D eigenvalue weighted by atomic mass is 16.6. The Kier molecular flexibility index (Phi) is 3.57. The van der Waals surface area contributed by atoms with E-state index in [1.54, 1.807) is 12.1 Å². The molecule has 0 bridgehead atoms. The first kappa shape index (κ1) is 15.1. The molecule has 1 aliphatic rings. The highest BCUT2D eigenvalue weighted by Gasteiger charge is 2.25. The number of nitro groups is 1. The van der Waals surface area contributed by atoms with E-state index in [0.29, 0.717) is 11.6 Å². The third-order valence-electron chi connectivity index (χ3n) is 4.01. The number of rotatable bonds is 5. The fraction of sp³-hybridized carbons (Fsp3) is 0.176. The number of anilines is 2. The zero-order chi connectivity index (χ0) is 17.4. The smallest absolute Gasteiger partial charge is 0.293 e. The van der Waals surface area contributed by atoms with Gasteiger partial charge in [0.05, 0.1) is 16.0 Å². The molecule has 0 aliphatic heterocycles. The topological polar surface area (TPSA) is 113 Å². The van der Waals surface area contributed by atoms with Gasteiger partial charge in [-0.1, -0.05) is 12.1 Å². The maximum atomic E-state index is 12.4. The summed E-state index contributed by atoms with van der Waals surface area (Å²) in [6, 6.07) is 12.1. The summed E-state index contributed by atoms with van der Waals surface area (Å²) >= 11 is 0. The summed E-state index contributed by atoms with van der Waals surface area (Å²) < 4.78 is 0. The van der Waals surface area contributed by atoms with Gasteiger partial charge in [0, 0.05) is 17.7 Å². The number of hydrogen-bond donors (Lipinski definition) is 3. The summed E-state index contributed by atoms with van der Waals surface area (Å²) in [6.07, 6.45) is 2.01. The highest BCUT2D eigenvalue weighted by Crippen LogP contribution is 2.31. The molecule has 3 aromatic rings. The molecular weight excluding hydrogens is 322 g/mol. The van der Waals surface area contributed by atoms with E-state index in [0.717, 1.165) is 23.9 Å². The first-order valence-electron chi connectivity index (χ1n) is 7.91. The van der Waals surface area contributed by atoms with Crippen molar-refractivity contribution in [2.75, 3.05) is 10.6 Å². The molecule has 25 heavy (non-hydrogen) atoms. The molecule has 1 aromatic heterocycles. The zero-order valence-corrected chi connectivity index (χ0v) is 13.2. The standard InChI is InChI=1S/C17H15N5O3/c23-16(21-17-19-12-3-1-2-4-13(12)20-17)10-5-8-14(18-11-6-7-11)15(9-10)22(24)25/h1-5,8-9,11,18H,6-7H2,(H2,19,20,21,23). The normalized spacial score (nSPS) is 13.6. The molecule has 0 spiro atoms. The van der Waals surface area contributed by atoms with Crippen molar-refractivity contribution in [2.24, 2.45) is 0 Å². The van der Waals surface area contributed by atoms with Crippen LogP contribution in [-0.4, -0.2) is 26.8 Å². The van der Waals surface area contributed by atoms with Crippen molar-refractivity contribution in [3.05, 3.63) is 58.1 Å². The van der Waals surface area contributed by atoms with Crippen LogP contribution in [0, 0.1) is 10.1 Å². The number of H-pyrrole nitrogens is 1. The molecule has 1 aliphatic carbocycles. The lowest BCUT2D eigenvalue weighted by atomic mass is 10.1. The summed E-state index contributed by atoms with van der Waals surface area (Å²) in [7, 11) is 0. The molecule has 1 amide bonds. The van der Waals surface area contributed by atoms with Crippen molar-refractivity contribution >= 4 is 34.3 Å². The Balaban J connectivity index is 1.58. The second-order valence-electron chi connectivity index (χ2n) is 5.96. The number of para-hydroxylation sites is 2. The van der Waals surface area contributed by atoms with E-state index in [2.05, 4.69) is 20.6 Å². The van der Waals surface area contributed by atoms with Crippen LogP contribution >= 0.6 is 0 Å². The Bertz CT molecular complexity index is 944.